The van der Waals surface area contributed by atoms with Gasteiger partial charge in [-0.3, -0.25) is 4.79 Å². The van der Waals surface area contributed by atoms with Crippen molar-refractivity contribution in [1.82, 2.24) is 5.43 Å². The van der Waals surface area contributed by atoms with Crippen molar-refractivity contribution in [3.8, 4) is 5.75 Å². The molecule has 0 saturated carbocycles. The zero-order chi connectivity index (χ0) is 13.4. The molecular formula is C13H18N2O3. The van der Waals surface area contributed by atoms with Crippen molar-refractivity contribution in [1.29, 1.82) is 0 Å². The Morgan fingerprint density at radius 3 is 2.67 bits per heavy atom. The lowest BCUT2D eigenvalue weighted by atomic mass is 10.1. The van der Waals surface area contributed by atoms with Gasteiger partial charge < -0.3 is 9.84 Å². The average Bonchev–Trinajstić information content (AvgIpc) is 2.37. The van der Waals surface area contributed by atoms with Gasteiger partial charge in [-0.25, -0.2) is 5.43 Å². The van der Waals surface area contributed by atoms with Crippen molar-refractivity contribution in [3.05, 3.63) is 29.8 Å². The Bertz CT molecular complexity index is 413. The van der Waals surface area contributed by atoms with Crippen LogP contribution in [0, 0.1) is 0 Å². The van der Waals surface area contributed by atoms with Crippen LogP contribution < -0.4 is 5.43 Å². The van der Waals surface area contributed by atoms with Crippen LogP contribution in [-0.2, 0) is 9.53 Å². The molecule has 0 fully saturated rings. The van der Waals surface area contributed by atoms with E-state index in [1.54, 1.807) is 31.2 Å². The predicted molar refractivity (Wildman–Crippen MR) is 69.6 cm³/mol. The number of rotatable bonds is 6. The molecule has 1 amide bonds. The molecule has 0 heterocycles. The van der Waals surface area contributed by atoms with E-state index in [1.807, 2.05) is 6.92 Å². The van der Waals surface area contributed by atoms with Gasteiger partial charge in [-0.05, 0) is 43.7 Å². The lowest BCUT2D eigenvalue weighted by Crippen LogP contribution is -2.20. The summed E-state index contributed by atoms with van der Waals surface area (Å²) < 4.78 is 5.07. The van der Waals surface area contributed by atoms with Gasteiger partial charge in [0.05, 0.1) is 18.7 Å². The Morgan fingerprint density at radius 2 is 2.06 bits per heavy atom. The van der Waals surface area contributed by atoms with Crippen molar-refractivity contribution in [2.75, 3.05) is 13.2 Å². The lowest BCUT2D eigenvalue weighted by Gasteiger charge is -2.03. The topological polar surface area (TPSA) is 70.9 Å². The highest BCUT2D eigenvalue weighted by Crippen LogP contribution is 2.10. The van der Waals surface area contributed by atoms with Crippen LogP contribution in [0.3, 0.4) is 0 Å². The first kappa shape index (κ1) is 14.2. The molecule has 98 valence electrons. The summed E-state index contributed by atoms with van der Waals surface area (Å²) in [4.78, 5) is 11.4. The number of ether oxygens (including phenoxy) is 1. The molecule has 1 aromatic rings. The normalized spacial score (nSPS) is 11.3. The number of hydrogen-bond acceptors (Lipinski definition) is 4. The Kier molecular flexibility index (Phi) is 5.87. The summed E-state index contributed by atoms with van der Waals surface area (Å²) in [6.07, 6.45) is 0.292. The molecule has 18 heavy (non-hydrogen) atoms. The third-order valence-corrected chi connectivity index (χ3v) is 2.31. The molecule has 0 aliphatic carbocycles. The number of hydrazone groups is 1. The van der Waals surface area contributed by atoms with E-state index in [0.717, 1.165) is 5.56 Å². The highest BCUT2D eigenvalue weighted by Gasteiger charge is 2.01. The minimum absolute atomic E-state index is 0.179. The van der Waals surface area contributed by atoms with Crippen LogP contribution >= 0.6 is 0 Å². The molecule has 0 aliphatic heterocycles. The first-order chi connectivity index (χ1) is 8.63. The molecule has 1 aromatic carbocycles. The maximum Gasteiger partial charge on any atom is 0.242 e. The van der Waals surface area contributed by atoms with Crippen molar-refractivity contribution in [3.63, 3.8) is 0 Å². The van der Waals surface area contributed by atoms with Crippen LogP contribution in [0.15, 0.2) is 29.4 Å². The molecule has 5 heteroatoms. The van der Waals surface area contributed by atoms with Crippen LogP contribution in [-0.4, -0.2) is 29.9 Å². The molecule has 0 aromatic heterocycles. The molecule has 0 spiro atoms. The van der Waals surface area contributed by atoms with Crippen LogP contribution in [0.4, 0.5) is 0 Å². The van der Waals surface area contributed by atoms with Gasteiger partial charge in [0, 0.05) is 6.61 Å². The van der Waals surface area contributed by atoms with Gasteiger partial charge in [0.1, 0.15) is 5.75 Å². The van der Waals surface area contributed by atoms with E-state index in [1.165, 1.54) is 0 Å². The number of hydrogen-bond donors (Lipinski definition) is 2. The second-order valence-electron chi connectivity index (χ2n) is 3.73. The molecule has 0 radical (unpaired) electrons. The minimum Gasteiger partial charge on any atom is -0.508 e. The van der Waals surface area contributed by atoms with E-state index in [4.69, 9.17) is 9.84 Å². The number of nitrogens with zero attached hydrogens (tertiary/aromatic N) is 1. The molecule has 0 bridgehead atoms. The maximum atomic E-state index is 11.4. The van der Waals surface area contributed by atoms with Gasteiger partial charge in [-0.2, -0.15) is 5.10 Å². The monoisotopic (exact) mass is 250 g/mol. The number of phenols is 1. The first-order valence-electron chi connectivity index (χ1n) is 5.83. The fourth-order valence-corrected chi connectivity index (χ4v) is 1.28. The maximum absolute atomic E-state index is 11.4. The Labute approximate surface area is 106 Å². The smallest absolute Gasteiger partial charge is 0.242 e. The van der Waals surface area contributed by atoms with Crippen molar-refractivity contribution >= 4 is 11.6 Å². The minimum atomic E-state index is -0.179. The fraction of sp³-hybridized carbons (Fsp3) is 0.385. The van der Waals surface area contributed by atoms with E-state index in [0.29, 0.717) is 25.3 Å². The van der Waals surface area contributed by atoms with Gasteiger partial charge in [-0.1, -0.05) is 0 Å². The molecule has 0 aliphatic rings. The van der Waals surface area contributed by atoms with Crippen LogP contribution in [0.1, 0.15) is 25.8 Å². The molecule has 5 nitrogen and oxygen atoms in total. The summed E-state index contributed by atoms with van der Waals surface area (Å²) in [7, 11) is 0. The number of nitrogens with one attached hydrogen (secondary N) is 1. The largest absolute Gasteiger partial charge is 0.508 e. The Morgan fingerprint density at radius 1 is 1.39 bits per heavy atom. The average molecular weight is 250 g/mol. The van der Waals surface area contributed by atoms with E-state index in [2.05, 4.69) is 10.5 Å². The standard InChI is InChI=1S/C13H18N2O3/c1-3-18-9-8-13(17)15-14-10(2)11-4-6-12(16)7-5-11/h4-7,16H,3,8-9H2,1-2H3,(H,15,17)/b14-10+. The van der Waals surface area contributed by atoms with E-state index in [-0.39, 0.29) is 11.7 Å². The number of amides is 1. The second-order valence-corrected chi connectivity index (χ2v) is 3.73. The Hall–Kier alpha value is -1.88. The molecule has 0 unspecified atom stereocenters. The van der Waals surface area contributed by atoms with Crippen molar-refractivity contribution in [2.45, 2.75) is 20.3 Å². The van der Waals surface area contributed by atoms with Crippen LogP contribution in [0.5, 0.6) is 5.75 Å². The summed E-state index contributed by atoms with van der Waals surface area (Å²) in [5, 5.41) is 13.1. The highest BCUT2D eigenvalue weighted by atomic mass is 16.5. The summed E-state index contributed by atoms with van der Waals surface area (Å²) >= 11 is 0. The van der Waals surface area contributed by atoms with Gasteiger partial charge in [0.2, 0.25) is 5.91 Å². The molecular weight excluding hydrogens is 232 g/mol. The summed E-state index contributed by atoms with van der Waals surface area (Å²) in [5.41, 5.74) is 3.99. The lowest BCUT2D eigenvalue weighted by molar-refractivity contribution is -0.122. The van der Waals surface area contributed by atoms with Crippen molar-refractivity contribution in [2.24, 2.45) is 5.10 Å². The number of benzene rings is 1. The van der Waals surface area contributed by atoms with Gasteiger partial charge in [0.15, 0.2) is 0 Å². The highest BCUT2D eigenvalue weighted by molar-refractivity contribution is 5.99. The third-order valence-electron chi connectivity index (χ3n) is 2.31. The quantitative estimate of drug-likeness (QED) is 0.458. The number of carbonyl (C=O) groups excluding carboxylic acids is 1. The summed E-state index contributed by atoms with van der Waals surface area (Å²) in [5.74, 6) is 0.0221. The fourth-order valence-electron chi connectivity index (χ4n) is 1.28. The summed E-state index contributed by atoms with van der Waals surface area (Å²) in [6.45, 7) is 4.67. The van der Waals surface area contributed by atoms with Gasteiger partial charge >= 0.3 is 0 Å². The zero-order valence-corrected chi connectivity index (χ0v) is 10.6. The summed E-state index contributed by atoms with van der Waals surface area (Å²) in [6, 6.07) is 6.62. The molecule has 2 N–H and O–H groups in total. The van der Waals surface area contributed by atoms with E-state index < -0.39 is 0 Å². The Balaban J connectivity index is 2.46. The van der Waals surface area contributed by atoms with Crippen molar-refractivity contribution < 1.29 is 14.6 Å². The molecule has 0 atom stereocenters. The van der Waals surface area contributed by atoms with E-state index in [9.17, 15) is 4.79 Å². The number of carbonyl (C=O) groups is 1. The van der Waals surface area contributed by atoms with Crippen LogP contribution in [0.25, 0.3) is 0 Å². The number of aromatic hydroxyl groups is 1. The molecule has 1 rings (SSSR count). The SMILES string of the molecule is CCOCCC(=O)N/N=C(\C)c1ccc(O)cc1. The van der Waals surface area contributed by atoms with Crippen LogP contribution in [0.2, 0.25) is 0 Å². The second kappa shape index (κ2) is 7.45. The zero-order valence-electron chi connectivity index (χ0n) is 10.6. The molecule has 0 saturated heterocycles. The van der Waals surface area contributed by atoms with Gasteiger partial charge in [-0.15, -0.1) is 0 Å². The van der Waals surface area contributed by atoms with Gasteiger partial charge in [0.25, 0.3) is 0 Å². The first-order valence-corrected chi connectivity index (χ1v) is 5.83. The number of phenolic OH excluding ortho intramolecular Hbond substituents is 1. The van der Waals surface area contributed by atoms with E-state index >= 15 is 0 Å². The predicted octanol–water partition coefficient (Wildman–Crippen LogP) is 1.66. The third kappa shape index (κ3) is 4.97.